The molecular weight excluding hydrogens is 292 g/mol. The highest BCUT2D eigenvalue weighted by molar-refractivity contribution is 7.99. The molecule has 0 amide bonds. The molecule has 0 bridgehead atoms. The lowest BCUT2D eigenvalue weighted by Gasteiger charge is -2.39. The molecule has 0 aromatic carbocycles. The van der Waals surface area contributed by atoms with E-state index in [0.717, 1.165) is 12.8 Å². The van der Waals surface area contributed by atoms with Gasteiger partial charge in [-0.2, -0.15) is 0 Å². The molecule has 1 heterocycles. The standard InChI is InChI=1S/C13H22N4O3S/c1-8(2)14-13(10(18)19)6-4-5-9(7-13)21-12-16-15-11(20)17(12)3/h8-9,14H,4-7H2,1-3H3,(H,15,20)(H,18,19). The zero-order valence-corrected chi connectivity index (χ0v) is 13.4. The average molecular weight is 314 g/mol. The zero-order chi connectivity index (χ0) is 15.6. The van der Waals surface area contributed by atoms with Gasteiger partial charge in [-0.25, -0.2) is 9.89 Å². The number of hydrogen-bond acceptors (Lipinski definition) is 5. The SMILES string of the molecule is CC(C)NC1(C(=O)O)CCCC(Sc2n[nH]c(=O)n2C)C1. The third-order valence-electron chi connectivity index (χ3n) is 3.79. The van der Waals surface area contributed by atoms with Crippen LogP contribution in [0.1, 0.15) is 39.5 Å². The Morgan fingerprint density at radius 1 is 1.62 bits per heavy atom. The van der Waals surface area contributed by atoms with Gasteiger partial charge in [-0.3, -0.25) is 14.7 Å². The van der Waals surface area contributed by atoms with Gasteiger partial charge >= 0.3 is 11.7 Å². The van der Waals surface area contributed by atoms with Crippen molar-refractivity contribution in [1.29, 1.82) is 0 Å². The third-order valence-corrected chi connectivity index (χ3v) is 5.10. The fraction of sp³-hybridized carbons (Fsp3) is 0.769. The van der Waals surface area contributed by atoms with Crippen molar-refractivity contribution < 1.29 is 9.90 Å². The fourth-order valence-corrected chi connectivity index (χ4v) is 4.14. The molecule has 1 aromatic rings. The predicted octanol–water partition coefficient (Wildman–Crippen LogP) is 0.964. The molecule has 118 valence electrons. The number of carboxylic acid groups (broad SMARTS) is 1. The summed E-state index contributed by atoms with van der Waals surface area (Å²) < 4.78 is 1.46. The van der Waals surface area contributed by atoms with Crippen LogP contribution < -0.4 is 11.0 Å². The Bertz CT molecular complexity index is 568. The molecule has 0 spiro atoms. The molecule has 2 unspecified atom stereocenters. The minimum Gasteiger partial charge on any atom is -0.480 e. The van der Waals surface area contributed by atoms with Crippen molar-refractivity contribution in [1.82, 2.24) is 20.1 Å². The average Bonchev–Trinajstić information content (AvgIpc) is 2.70. The lowest BCUT2D eigenvalue weighted by Crippen LogP contribution is -2.57. The molecule has 2 rings (SSSR count). The Balaban J connectivity index is 2.13. The second-order valence-electron chi connectivity index (χ2n) is 5.89. The number of carbonyl (C=O) groups is 1. The van der Waals surface area contributed by atoms with Crippen molar-refractivity contribution in [3.05, 3.63) is 10.5 Å². The van der Waals surface area contributed by atoms with Gasteiger partial charge in [0.05, 0.1) is 0 Å². The number of thioether (sulfide) groups is 1. The quantitative estimate of drug-likeness (QED) is 0.748. The maximum absolute atomic E-state index is 11.7. The van der Waals surface area contributed by atoms with Gasteiger partial charge in [0.1, 0.15) is 5.54 Å². The van der Waals surface area contributed by atoms with Gasteiger partial charge < -0.3 is 5.11 Å². The van der Waals surface area contributed by atoms with Crippen LogP contribution in [0.3, 0.4) is 0 Å². The van der Waals surface area contributed by atoms with Gasteiger partial charge in [-0.15, -0.1) is 5.10 Å². The Hall–Kier alpha value is -1.28. The van der Waals surface area contributed by atoms with Crippen LogP contribution in [0.15, 0.2) is 9.95 Å². The fourth-order valence-electron chi connectivity index (χ4n) is 2.85. The normalized spacial score (nSPS) is 26.2. The van der Waals surface area contributed by atoms with Crippen LogP contribution in [0.25, 0.3) is 0 Å². The highest BCUT2D eigenvalue weighted by atomic mass is 32.2. The monoisotopic (exact) mass is 314 g/mol. The van der Waals surface area contributed by atoms with Crippen LogP contribution >= 0.6 is 11.8 Å². The highest BCUT2D eigenvalue weighted by Gasteiger charge is 2.43. The van der Waals surface area contributed by atoms with Crippen LogP contribution in [0, 0.1) is 0 Å². The van der Waals surface area contributed by atoms with E-state index in [1.807, 2.05) is 13.8 Å². The van der Waals surface area contributed by atoms with E-state index in [1.54, 1.807) is 7.05 Å². The molecule has 1 aliphatic rings. The molecular formula is C13H22N4O3S. The van der Waals surface area contributed by atoms with E-state index >= 15 is 0 Å². The molecule has 8 heteroatoms. The Morgan fingerprint density at radius 3 is 2.86 bits per heavy atom. The number of rotatable bonds is 5. The van der Waals surface area contributed by atoms with E-state index in [0.29, 0.717) is 18.0 Å². The summed E-state index contributed by atoms with van der Waals surface area (Å²) in [6, 6.07) is 0.111. The lowest BCUT2D eigenvalue weighted by atomic mass is 9.81. The lowest BCUT2D eigenvalue weighted by molar-refractivity contribution is -0.146. The molecule has 0 saturated heterocycles. The summed E-state index contributed by atoms with van der Waals surface area (Å²) in [5, 5.41) is 20.0. The first-order valence-electron chi connectivity index (χ1n) is 7.13. The number of nitrogens with zero attached hydrogens (tertiary/aromatic N) is 2. The molecule has 1 saturated carbocycles. The first-order valence-corrected chi connectivity index (χ1v) is 8.01. The van der Waals surface area contributed by atoms with Gasteiger partial charge in [-0.05, 0) is 39.5 Å². The van der Waals surface area contributed by atoms with Crippen molar-refractivity contribution in [2.24, 2.45) is 7.05 Å². The second kappa shape index (κ2) is 6.23. The minimum atomic E-state index is -0.876. The van der Waals surface area contributed by atoms with Crippen LogP contribution in [-0.4, -0.2) is 42.7 Å². The van der Waals surface area contributed by atoms with E-state index in [2.05, 4.69) is 15.5 Å². The summed E-state index contributed by atoms with van der Waals surface area (Å²) in [4.78, 5) is 23.1. The smallest absolute Gasteiger partial charge is 0.343 e. The Labute approximate surface area is 127 Å². The maximum atomic E-state index is 11.7. The number of H-pyrrole nitrogens is 1. The number of aromatic amines is 1. The van der Waals surface area contributed by atoms with Gasteiger partial charge in [0.2, 0.25) is 0 Å². The summed E-state index contributed by atoms with van der Waals surface area (Å²) in [5.41, 5.74) is -1.13. The highest BCUT2D eigenvalue weighted by Crippen LogP contribution is 2.37. The van der Waals surface area contributed by atoms with Crippen LogP contribution in [0.5, 0.6) is 0 Å². The molecule has 21 heavy (non-hydrogen) atoms. The molecule has 1 aromatic heterocycles. The number of aliphatic carboxylic acids is 1. The summed E-state index contributed by atoms with van der Waals surface area (Å²) in [6.45, 7) is 3.91. The van der Waals surface area contributed by atoms with Crippen molar-refractivity contribution in [2.75, 3.05) is 0 Å². The number of aromatic nitrogens is 3. The zero-order valence-electron chi connectivity index (χ0n) is 12.5. The molecule has 1 aliphatic carbocycles. The topological polar surface area (TPSA) is 100 Å². The first-order chi connectivity index (χ1) is 9.84. The van der Waals surface area contributed by atoms with Gasteiger partial charge in [0.15, 0.2) is 5.16 Å². The van der Waals surface area contributed by atoms with Crippen molar-refractivity contribution in [3.8, 4) is 0 Å². The van der Waals surface area contributed by atoms with Gasteiger partial charge in [0.25, 0.3) is 0 Å². The number of hydrogen-bond donors (Lipinski definition) is 3. The number of carboxylic acids is 1. The Kier molecular flexibility index (Phi) is 4.77. The second-order valence-corrected chi connectivity index (χ2v) is 7.16. The molecule has 7 nitrogen and oxygen atoms in total. The van der Waals surface area contributed by atoms with Crippen LogP contribution in [0.2, 0.25) is 0 Å². The van der Waals surface area contributed by atoms with E-state index in [1.165, 1.54) is 16.3 Å². The van der Waals surface area contributed by atoms with E-state index in [9.17, 15) is 14.7 Å². The Morgan fingerprint density at radius 2 is 2.33 bits per heavy atom. The summed E-state index contributed by atoms with van der Waals surface area (Å²) >= 11 is 1.48. The molecule has 0 radical (unpaired) electrons. The van der Waals surface area contributed by atoms with Gasteiger partial charge in [-0.1, -0.05) is 11.8 Å². The van der Waals surface area contributed by atoms with E-state index < -0.39 is 11.5 Å². The van der Waals surface area contributed by atoms with Crippen molar-refractivity contribution in [3.63, 3.8) is 0 Å². The third kappa shape index (κ3) is 3.49. The summed E-state index contributed by atoms with van der Waals surface area (Å²) in [6.07, 6.45) is 2.95. The van der Waals surface area contributed by atoms with E-state index in [4.69, 9.17) is 0 Å². The largest absolute Gasteiger partial charge is 0.480 e. The van der Waals surface area contributed by atoms with Gasteiger partial charge in [0, 0.05) is 18.3 Å². The first kappa shape index (κ1) is 16.1. The molecule has 3 N–H and O–H groups in total. The van der Waals surface area contributed by atoms with Crippen molar-refractivity contribution in [2.45, 2.75) is 61.5 Å². The molecule has 2 atom stereocenters. The predicted molar refractivity (Wildman–Crippen MR) is 80.6 cm³/mol. The van der Waals surface area contributed by atoms with E-state index in [-0.39, 0.29) is 17.0 Å². The summed E-state index contributed by atoms with van der Waals surface area (Å²) in [7, 11) is 1.66. The summed E-state index contributed by atoms with van der Waals surface area (Å²) in [5.74, 6) is -0.794. The molecule has 0 aliphatic heterocycles. The van der Waals surface area contributed by atoms with Crippen molar-refractivity contribution >= 4 is 17.7 Å². The minimum absolute atomic E-state index is 0.111. The number of nitrogens with one attached hydrogen (secondary N) is 2. The van der Waals surface area contributed by atoms with Crippen LogP contribution in [-0.2, 0) is 11.8 Å². The maximum Gasteiger partial charge on any atom is 0.343 e. The van der Waals surface area contributed by atoms with Crippen LogP contribution in [0.4, 0.5) is 0 Å². The molecule has 1 fully saturated rings.